The van der Waals surface area contributed by atoms with Crippen molar-refractivity contribution in [1.82, 2.24) is 10.2 Å². The number of benzene rings is 2. The van der Waals surface area contributed by atoms with Crippen molar-refractivity contribution in [3.63, 3.8) is 0 Å². The third-order valence-electron chi connectivity index (χ3n) is 4.85. The summed E-state index contributed by atoms with van der Waals surface area (Å²) >= 11 is 0. The molecular weight excluding hydrogens is 376 g/mol. The molecule has 3 amide bonds. The number of halogens is 1. The number of carbonyl (C=O) groups is 2. The Hall–Kier alpha value is -2.91. The Kier molecular flexibility index (Phi) is 6.84. The zero-order valence-electron chi connectivity index (χ0n) is 15.9. The molecule has 29 heavy (non-hydrogen) atoms. The zero-order chi connectivity index (χ0) is 20.8. The predicted octanol–water partition coefficient (Wildman–Crippen LogP) is 1.20. The first-order chi connectivity index (χ1) is 13.9. The van der Waals surface area contributed by atoms with Crippen LogP contribution in [0, 0.1) is 5.82 Å². The van der Waals surface area contributed by atoms with Gasteiger partial charge in [0.05, 0.1) is 5.94 Å². The quantitative estimate of drug-likeness (QED) is 0.582. The van der Waals surface area contributed by atoms with E-state index in [0.717, 1.165) is 5.69 Å². The Bertz CT molecular complexity index is 835. The SMILES string of the molecule is O=C(CCN1CCN(c2ccccc2)C1=O)NC(Cc1ccc(F)cc1)B(O)O. The lowest BCUT2D eigenvalue weighted by atomic mass is 9.76. The highest BCUT2D eigenvalue weighted by Gasteiger charge is 2.30. The van der Waals surface area contributed by atoms with Gasteiger partial charge in [-0.1, -0.05) is 30.3 Å². The van der Waals surface area contributed by atoms with E-state index in [1.165, 1.54) is 24.3 Å². The number of para-hydroxylation sites is 1. The maximum Gasteiger partial charge on any atom is 0.475 e. The minimum atomic E-state index is -1.76. The molecule has 1 atom stereocenters. The zero-order valence-corrected chi connectivity index (χ0v) is 15.9. The van der Waals surface area contributed by atoms with Crippen LogP contribution >= 0.6 is 0 Å². The summed E-state index contributed by atoms with van der Waals surface area (Å²) in [4.78, 5) is 28.1. The van der Waals surface area contributed by atoms with Crippen LogP contribution in [-0.2, 0) is 11.2 Å². The van der Waals surface area contributed by atoms with E-state index < -0.39 is 24.8 Å². The standard InChI is InChI=1S/C20H23BFN3O4/c22-16-8-6-15(7-9-16)14-18(21(28)29)23-19(26)10-11-24-12-13-25(20(24)27)17-4-2-1-3-5-17/h1-9,18,28-29H,10-14H2,(H,23,26). The minimum absolute atomic E-state index is 0.0427. The number of rotatable bonds is 8. The number of hydrogen-bond acceptors (Lipinski definition) is 4. The van der Waals surface area contributed by atoms with Gasteiger partial charge in [-0.2, -0.15) is 0 Å². The van der Waals surface area contributed by atoms with Crippen LogP contribution in [0.3, 0.4) is 0 Å². The van der Waals surface area contributed by atoms with Crippen molar-refractivity contribution in [1.29, 1.82) is 0 Å². The topological polar surface area (TPSA) is 93.1 Å². The molecule has 1 heterocycles. The van der Waals surface area contributed by atoms with Gasteiger partial charge in [0.15, 0.2) is 0 Å². The van der Waals surface area contributed by atoms with Gasteiger partial charge in [-0.15, -0.1) is 0 Å². The van der Waals surface area contributed by atoms with Gasteiger partial charge in [-0.3, -0.25) is 9.69 Å². The number of urea groups is 1. The average molecular weight is 399 g/mol. The van der Waals surface area contributed by atoms with Crippen LogP contribution in [0.1, 0.15) is 12.0 Å². The van der Waals surface area contributed by atoms with E-state index in [4.69, 9.17) is 0 Å². The number of carbonyl (C=O) groups excluding carboxylic acids is 2. The highest BCUT2D eigenvalue weighted by molar-refractivity contribution is 6.43. The first-order valence-electron chi connectivity index (χ1n) is 9.45. The molecule has 0 aliphatic carbocycles. The van der Waals surface area contributed by atoms with Crippen LogP contribution in [0.5, 0.6) is 0 Å². The van der Waals surface area contributed by atoms with Crippen molar-refractivity contribution >= 4 is 24.7 Å². The minimum Gasteiger partial charge on any atom is -0.426 e. The molecule has 1 aliphatic heterocycles. The number of anilines is 1. The first-order valence-corrected chi connectivity index (χ1v) is 9.45. The summed E-state index contributed by atoms with van der Waals surface area (Å²) in [6, 6.07) is 14.8. The molecule has 1 fully saturated rings. The molecule has 3 N–H and O–H groups in total. The van der Waals surface area contributed by atoms with E-state index in [0.29, 0.717) is 18.7 Å². The molecule has 0 aromatic heterocycles. The molecule has 152 valence electrons. The Morgan fingerprint density at radius 2 is 1.79 bits per heavy atom. The summed E-state index contributed by atoms with van der Waals surface area (Å²) in [6.07, 6.45) is 0.190. The maximum atomic E-state index is 13.0. The fourth-order valence-electron chi connectivity index (χ4n) is 3.26. The van der Waals surface area contributed by atoms with Gasteiger partial charge in [0.2, 0.25) is 5.91 Å². The lowest BCUT2D eigenvalue weighted by molar-refractivity contribution is -0.121. The second-order valence-corrected chi connectivity index (χ2v) is 6.93. The molecule has 1 saturated heterocycles. The third-order valence-corrected chi connectivity index (χ3v) is 4.85. The van der Waals surface area contributed by atoms with Gasteiger partial charge in [0.25, 0.3) is 0 Å². The van der Waals surface area contributed by atoms with E-state index in [-0.39, 0.29) is 25.4 Å². The molecule has 9 heteroatoms. The normalized spacial score (nSPS) is 14.8. The van der Waals surface area contributed by atoms with Crippen molar-refractivity contribution in [3.8, 4) is 0 Å². The van der Waals surface area contributed by atoms with Crippen molar-refractivity contribution < 1.29 is 24.0 Å². The molecule has 0 bridgehead atoms. The molecule has 2 aromatic carbocycles. The smallest absolute Gasteiger partial charge is 0.426 e. The number of nitrogens with one attached hydrogen (secondary N) is 1. The van der Waals surface area contributed by atoms with Crippen LogP contribution < -0.4 is 10.2 Å². The molecule has 0 radical (unpaired) electrons. The third kappa shape index (κ3) is 5.55. The van der Waals surface area contributed by atoms with E-state index in [1.807, 2.05) is 30.3 Å². The Labute approximate surface area is 168 Å². The lowest BCUT2D eigenvalue weighted by Gasteiger charge is -2.20. The number of nitrogens with zero attached hydrogens (tertiary/aromatic N) is 2. The largest absolute Gasteiger partial charge is 0.475 e. The van der Waals surface area contributed by atoms with Gasteiger partial charge in [-0.05, 0) is 36.2 Å². The Morgan fingerprint density at radius 3 is 2.45 bits per heavy atom. The van der Waals surface area contributed by atoms with Gasteiger partial charge in [0, 0.05) is 31.7 Å². The Morgan fingerprint density at radius 1 is 1.10 bits per heavy atom. The van der Waals surface area contributed by atoms with Crippen molar-refractivity contribution in [3.05, 3.63) is 66.0 Å². The molecule has 1 unspecified atom stereocenters. The molecule has 2 aromatic rings. The molecule has 1 aliphatic rings. The molecule has 0 spiro atoms. The molecule has 0 saturated carbocycles. The van der Waals surface area contributed by atoms with E-state index in [2.05, 4.69) is 5.32 Å². The second kappa shape index (κ2) is 9.53. The number of hydrogen-bond donors (Lipinski definition) is 3. The van der Waals surface area contributed by atoms with Crippen molar-refractivity contribution in [2.24, 2.45) is 0 Å². The van der Waals surface area contributed by atoms with Gasteiger partial charge in [-0.25, -0.2) is 9.18 Å². The summed E-state index contributed by atoms with van der Waals surface area (Å²) in [5.41, 5.74) is 1.48. The summed E-state index contributed by atoms with van der Waals surface area (Å²) in [5, 5.41) is 21.7. The molecule has 3 rings (SSSR count). The summed E-state index contributed by atoms with van der Waals surface area (Å²) in [5.74, 6) is -1.71. The van der Waals surface area contributed by atoms with Gasteiger partial charge < -0.3 is 20.3 Å². The van der Waals surface area contributed by atoms with Crippen LogP contribution in [0.15, 0.2) is 54.6 Å². The number of amides is 3. The fourth-order valence-corrected chi connectivity index (χ4v) is 3.26. The maximum absolute atomic E-state index is 13.0. The molecule has 7 nitrogen and oxygen atoms in total. The molecular formula is C20H23BFN3O4. The van der Waals surface area contributed by atoms with E-state index >= 15 is 0 Å². The average Bonchev–Trinajstić information content (AvgIpc) is 3.08. The van der Waals surface area contributed by atoms with Crippen molar-refractivity contribution in [2.75, 3.05) is 24.5 Å². The van der Waals surface area contributed by atoms with Crippen LogP contribution in [0.25, 0.3) is 0 Å². The summed E-state index contributed by atoms with van der Waals surface area (Å²) < 4.78 is 13.0. The van der Waals surface area contributed by atoms with Gasteiger partial charge >= 0.3 is 13.1 Å². The fraction of sp³-hybridized carbons (Fsp3) is 0.300. The predicted molar refractivity (Wildman–Crippen MR) is 108 cm³/mol. The van der Waals surface area contributed by atoms with Crippen LogP contribution in [-0.4, -0.2) is 59.6 Å². The van der Waals surface area contributed by atoms with Crippen LogP contribution in [0.2, 0.25) is 0 Å². The summed E-state index contributed by atoms with van der Waals surface area (Å²) in [6.45, 7) is 1.30. The van der Waals surface area contributed by atoms with E-state index in [1.54, 1.807) is 9.80 Å². The lowest BCUT2D eigenvalue weighted by Crippen LogP contribution is -2.48. The summed E-state index contributed by atoms with van der Waals surface area (Å²) in [7, 11) is -1.76. The van der Waals surface area contributed by atoms with Gasteiger partial charge in [0.1, 0.15) is 5.82 Å². The monoisotopic (exact) mass is 399 g/mol. The van der Waals surface area contributed by atoms with Crippen LogP contribution in [0.4, 0.5) is 14.9 Å². The first kappa shape index (κ1) is 20.8. The van der Waals surface area contributed by atoms with E-state index in [9.17, 15) is 24.0 Å². The Balaban J connectivity index is 1.50. The highest BCUT2D eigenvalue weighted by Crippen LogP contribution is 2.19. The highest BCUT2D eigenvalue weighted by atomic mass is 19.1. The second-order valence-electron chi connectivity index (χ2n) is 6.93. The van der Waals surface area contributed by atoms with Crippen molar-refractivity contribution in [2.45, 2.75) is 18.8 Å².